The molecule has 2 rings (SSSR count). The molecule has 2 aromatic rings. The number of alkyl halides is 2. The van der Waals surface area contributed by atoms with E-state index in [0.717, 1.165) is 11.1 Å². The maximum atomic E-state index is 12.7. The van der Waals surface area contributed by atoms with Gasteiger partial charge in [-0.3, -0.25) is 0 Å². The van der Waals surface area contributed by atoms with Crippen molar-refractivity contribution in [1.29, 1.82) is 0 Å². The van der Waals surface area contributed by atoms with Crippen LogP contribution in [0.25, 0.3) is 10.9 Å². The fourth-order valence-corrected chi connectivity index (χ4v) is 2.29. The Bertz CT molecular complexity index is 635. The average Bonchev–Trinajstić information content (AvgIpc) is 2.69. The van der Waals surface area contributed by atoms with E-state index < -0.39 is 18.1 Å². The van der Waals surface area contributed by atoms with Crippen molar-refractivity contribution in [2.24, 2.45) is 0 Å². The quantitative estimate of drug-likeness (QED) is 0.800. The number of halogens is 2. The van der Waals surface area contributed by atoms with Crippen molar-refractivity contribution in [3.05, 3.63) is 35.5 Å². The van der Waals surface area contributed by atoms with E-state index in [-0.39, 0.29) is 5.56 Å². The van der Waals surface area contributed by atoms with E-state index in [1.165, 1.54) is 12.1 Å². The van der Waals surface area contributed by atoms with Crippen LogP contribution in [-0.2, 0) is 6.42 Å². The summed E-state index contributed by atoms with van der Waals surface area (Å²) in [7, 11) is 0. The molecule has 4 nitrogen and oxygen atoms in total. The normalized spacial score (nSPS) is 12.1. The number of aromatic nitrogens is 1. The Hall–Kier alpha value is -2.11. The highest BCUT2D eigenvalue weighted by Crippen LogP contribution is 2.27. The van der Waals surface area contributed by atoms with Crippen LogP contribution in [0.3, 0.4) is 0 Å². The maximum Gasteiger partial charge on any atom is 0.405 e. The number of carbonyl (C=O) groups is 1. The summed E-state index contributed by atoms with van der Waals surface area (Å²) < 4.78 is 25.5. The van der Waals surface area contributed by atoms with Gasteiger partial charge in [-0.05, 0) is 38.0 Å². The molecule has 0 saturated heterocycles. The third kappa shape index (κ3) is 3.07. The number of benzene rings is 1. The van der Waals surface area contributed by atoms with Crippen molar-refractivity contribution in [1.82, 2.24) is 10.3 Å². The zero-order chi connectivity index (χ0) is 14.9. The number of H-pyrrole nitrogens is 1. The standard InChI is InChI=1S/C14H16F2N2O2/c1-14(2,18-13(19)20)6-9-7-17-11-4-3-8(12(15)16)5-10(9)11/h3-5,7,12,17-18H,6H2,1-2H3,(H,19,20). The number of fused-ring (bicyclic) bond motifs is 1. The first kappa shape index (κ1) is 14.3. The van der Waals surface area contributed by atoms with E-state index >= 15 is 0 Å². The van der Waals surface area contributed by atoms with Crippen LogP contribution in [0, 0.1) is 0 Å². The molecule has 1 aromatic carbocycles. The van der Waals surface area contributed by atoms with Gasteiger partial charge in [-0.1, -0.05) is 6.07 Å². The van der Waals surface area contributed by atoms with Gasteiger partial charge in [-0.25, -0.2) is 13.6 Å². The molecular formula is C14H16F2N2O2. The highest BCUT2D eigenvalue weighted by Gasteiger charge is 2.22. The summed E-state index contributed by atoms with van der Waals surface area (Å²) in [6, 6.07) is 4.44. The summed E-state index contributed by atoms with van der Waals surface area (Å²) in [5.74, 6) is 0. The summed E-state index contributed by atoms with van der Waals surface area (Å²) in [6.45, 7) is 3.49. The first-order valence-corrected chi connectivity index (χ1v) is 6.18. The van der Waals surface area contributed by atoms with Gasteiger partial charge in [0.1, 0.15) is 0 Å². The summed E-state index contributed by atoms with van der Waals surface area (Å²) in [4.78, 5) is 13.7. The minimum atomic E-state index is -2.52. The molecule has 0 bridgehead atoms. The fraction of sp³-hybridized carbons (Fsp3) is 0.357. The second-order valence-corrected chi connectivity index (χ2v) is 5.41. The molecule has 0 fully saturated rings. The molecule has 0 spiro atoms. The summed E-state index contributed by atoms with van der Waals surface area (Å²) in [6.07, 6.45) is -1.49. The molecule has 1 amide bonds. The number of rotatable bonds is 4. The van der Waals surface area contributed by atoms with E-state index in [1.807, 2.05) is 0 Å². The second-order valence-electron chi connectivity index (χ2n) is 5.41. The Balaban J connectivity index is 2.35. The number of amides is 1. The number of nitrogens with one attached hydrogen (secondary N) is 2. The number of aromatic amines is 1. The molecule has 0 saturated carbocycles. The molecular weight excluding hydrogens is 266 g/mol. The third-order valence-electron chi connectivity index (χ3n) is 3.12. The van der Waals surface area contributed by atoms with Crippen LogP contribution in [0.15, 0.2) is 24.4 Å². The number of carboxylic acid groups (broad SMARTS) is 1. The molecule has 3 N–H and O–H groups in total. The molecule has 0 aliphatic heterocycles. The van der Waals surface area contributed by atoms with Crippen molar-refractivity contribution < 1.29 is 18.7 Å². The van der Waals surface area contributed by atoms with Gasteiger partial charge in [0.05, 0.1) is 0 Å². The van der Waals surface area contributed by atoms with Crippen molar-refractivity contribution >= 4 is 17.0 Å². The van der Waals surface area contributed by atoms with E-state index in [4.69, 9.17) is 5.11 Å². The Morgan fingerprint density at radius 1 is 1.45 bits per heavy atom. The molecule has 20 heavy (non-hydrogen) atoms. The molecule has 0 aliphatic carbocycles. The van der Waals surface area contributed by atoms with Crippen LogP contribution in [0.5, 0.6) is 0 Å². The number of hydrogen-bond donors (Lipinski definition) is 3. The molecule has 0 radical (unpaired) electrons. The minimum absolute atomic E-state index is 0.0395. The summed E-state index contributed by atoms with van der Waals surface area (Å²) >= 11 is 0. The van der Waals surface area contributed by atoms with Crippen LogP contribution in [0.2, 0.25) is 0 Å². The van der Waals surface area contributed by atoms with Crippen molar-refractivity contribution in [2.45, 2.75) is 32.2 Å². The second kappa shape index (κ2) is 5.11. The zero-order valence-corrected chi connectivity index (χ0v) is 11.2. The lowest BCUT2D eigenvalue weighted by Crippen LogP contribution is -2.44. The average molecular weight is 282 g/mol. The van der Waals surface area contributed by atoms with Crippen LogP contribution < -0.4 is 5.32 Å². The van der Waals surface area contributed by atoms with E-state index in [1.54, 1.807) is 26.1 Å². The summed E-state index contributed by atoms with van der Waals surface area (Å²) in [5.41, 5.74) is 0.848. The minimum Gasteiger partial charge on any atom is -0.465 e. The van der Waals surface area contributed by atoms with E-state index in [2.05, 4.69) is 10.3 Å². The van der Waals surface area contributed by atoms with Gasteiger partial charge in [-0.2, -0.15) is 0 Å². The Labute approximate surface area is 114 Å². The van der Waals surface area contributed by atoms with Crippen LogP contribution in [0.4, 0.5) is 13.6 Å². The van der Waals surface area contributed by atoms with E-state index in [9.17, 15) is 13.6 Å². The first-order chi connectivity index (χ1) is 9.28. The molecule has 6 heteroatoms. The SMILES string of the molecule is CC(C)(Cc1c[nH]c2ccc(C(F)F)cc12)NC(=O)O. The lowest BCUT2D eigenvalue weighted by molar-refractivity contribution is 0.151. The largest absolute Gasteiger partial charge is 0.465 e. The molecule has 0 unspecified atom stereocenters. The molecule has 1 aromatic heterocycles. The lowest BCUT2D eigenvalue weighted by Gasteiger charge is -2.24. The Morgan fingerprint density at radius 2 is 2.15 bits per heavy atom. The predicted octanol–water partition coefficient (Wildman–Crippen LogP) is 3.69. The molecule has 1 heterocycles. The monoisotopic (exact) mass is 282 g/mol. The van der Waals surface area contributed by atoms with Crippen LogP contribution >= 0.6 is 0 Å². The third-order valence-corrected chi connectivity index (χ3v) is 3.12. The van der Waals surface area contributed by atoms with Gasteiger partial charge in [-0.15, -0.1) is 0 Å². The van der Waals surface area contributed by atoms with Gasteiger partial charge in [0, 0.05) is 28.2 Å². The zero-order valence-electron chi connectivity index (χ0n) is 11.2. The highest BCUT2D eigenvalue weighted by atomic mass is 19.3. The predicted molar refractivity (Wildman–Crippen MR) is 72.2 cm³/mol. The first-order valence-electron chi connectivity index (χ1n) is 6.18. The Kier molecular flexibility index (Phi) is 3.65. The van der Waals surface area contributed by atoms with Gasteiger partial charge >= 0.3 is 6.09 Å². The molecule has 108 valence electrons. The fourth-order valence-electron chi connectivity index (χ4n) is 2.29. The van der Waals surface area contributed by atoms with Crippen molar-refractivity contribution in [3.8, 4) is 0 Å². The maximum absolute atomic E-state index is 12.7. The molecule has 0 aliphatic rings. The highest BCUT2D eigenvalue weighted by molar-refractivity contribution is 5.84. The van der Waals surface area contributed by atoms with Gasteiger partial charge in [0.2, 0.25) is 0 Å². The van der Waals surface area contributed by atoms with Gasteiger partial charge < -0.3 is 15.4 Å². The van der Waals surface area contributed by atoms with Crippen LogP contribution in [0.1, 0.15) is 31.4 Å². The topological polar surface area (TPSA) is 65.1 Å². The number of hydrogen-bond acceptors (Lipinski definition) is 1. The lowest BCUT2D eigenvalue weighted by atomic mass is 9.94. The smallest absolute Gasteiger partial charge is 0.405 e. The van der Waals surface area contributed by atoms with Gasteiger partial charge in [0.25, 0.3) is 6.43 Å². The van der Waals surface area contributed by atoms with E-state index in [0.29, 0.717) is 11.8 Å². The summed E-state index contributed by atoms with van der Waals surface area (Å²) in [5, 5.41) is 11.9. The van der Waals surface area contributed by atoms with Crippen molar-refractivity contribution in [2.75, 3.05) is 0 Å². The van der Waals surface area contributed by atoms with Crippen molar-refractivity contribution in [3.63, 3.8) is 0 Å². The van der Waals surface area contributed by atoms with Gasteiger partial charge in [0.15, 0.2) is 0 Å². The Morgan fingerprint density at radius 3 is 2.75 bits per heavy atom. The van der Waals surface area contributed by atoms with Crippen LogP contribution in [-0.4, -0.2) is 21.7 Å². The molecule has 0 atom stereocenters.